The van der Waals surface area contributed by atoms with Crippen molar-refractivity contribution in [3.63, 3.8) is 0 Å². The molecule has 0 saturated carbocycles. The van der Waals surface area contributed by atoms with E-state index in [1.807, 2.05) is 36.5 Å². The van der Waals surface area contributed by atoms with Crippen LogP contribution in [0.4, 0.5) is 0 Å². The Morgan fingerprint density at radius 3 is 2.48 bits per heavy atom. The van der Waals surface area contributed by atoms with Crippen molar-refractivity contribution in [2.24, 2.45) is 0 Å². The predicted octanol–water partition coefficient (Wildman–Crippen LogP) is 5.66. The molecular weight excluding hydrogens is 300 g/mol. The topological polar surface area (TPSA) is 25.8 Å². The Kier molecular flexibility index (Phi) is 2.69. The first kappa shape index (κ1) is 12.7. The SMILES string of the molecule is c1ccc(-c2ncc3sc4c5ccccc5ccc4c3n2)cc1. The summed E-state index contributed by atoms with van der Waals surface area (Å²) in [6, 6.07) is 23.0. The maximum Gasteiger partial charge on any atom is 0.159 e. The van der Waals surface area contributed by atoms with E-state index >= 15 is 0 Å². The zero-order chi connectivity index (χ0) is 15.2. The van der Waals surface area contributed by atoms with Gasteiger partial charge in [0.15, 0.2) is 5.82 Å². The maximum atomic E-state index is 4.84. The molecule has 2 aromatic heterocycles. The van der Waals surface area contributed by atoms with E-state index in [1.54, 1.807) is 11.3 Å². The number of benzene rings is 3. The van der Waals surface area contributed by atoms with Crippen LogP contribution in [0.15, 0.2) is 72.9 Å². The summed E-state index contributed by atoms with van der Waals surface area (Å²) < 4.78 is 2.42. The average molecular weight is 312 g/mol. The van der Waals surface area contributed by atoms with Gasteiger partial charge >= 0.3 is 0 Å². The summed E-state index contributed by atoms with van der Waals surface area (Å²) in [7, 11) is 0. The molecule has 0 N–H and O–H groups in total. The first-order valence-electron chi connectivity index (χ1n) is 7.52. The molecule has 108 valence electrons. The minimum absolute atomic E-state index is 0.783. The van der Waals surface area contributed by atoms with Crippen LogP contribution in [-0.4, -0.2) is 9.97 Å². The van der Waals surface area contributed by atoms with Crippen molar-refractivity contribution in [2.45, 2.75) is 0 Å². The molecular formula is C20H12N2S. The van der Waals surface area contributed by atoms with E-state index in [0.717, 1.165) is 21.6 Å². The van der Waals surface area contributed by atoms with Crippen LogP contribution in [0.3, 0.4) is 0 Å². The molecule has 0 bridgehead atoms. The number of rotatable bonds is 1. The third-order valence-electron chi connectivity index (χ3n) is 4.13. The number of thiophene rings is 1. The minimum atomic E-state index is 0.783. The van der Waals surface area contributed by atoms with Crippen molar-refractivity contribution in [2.75, 3.05) is 0 Å². The van der Waals surface area contributed by atoms with Crippen molar-refractivity contribution >= 4 is 42.4 Å². The van der Waals surface area contributed by atoms with Gasteiger partial charge in [-0.1, -0.05) is 66.7 Å². The van der Waals surface area contributed by atoms with E-state index < -0.39 is 0 Å². The van der Waals surface area contributed by atoms with E-state index in [0.29, 0.717) is 0 Å². The number of nitrogens with zero attached hydrogens (tertiary/aromatic N) is 2. The molecule has 3 heteroatoms. The molecule has 0 atom stereocenters. The third-order valence-corrected chi connectivity index (χ3v) is 5.30. The molecule has 3 aromatic carbocycles. The molecule has 0 fully saturated rings. The van der Waals surface area contributed by atoms with Crippen LogP contribution in [0.1, 0.15) is 0 Å². The Hall–Kier alpha value is -2.78. The first-order chi connectivity index (χ1) is 11.4. The molecule has 2 heterocycles. The zero-order valence-electron chi connectivity index (χ0n) is 12.2. The number of hydrogen-bond acceptors (Lipinski definition) is 3. The van der Waals surface area contributed by atoms with Crippen LogP contribution in [0.5, 0.6) is 0 Å². The second-order valence-corrected chi connectivity index (χ2v) is 6.59. The number of fused-ring (bicyclic) bond motifs is 5. The Balaban J connectivity index is 1.86. The highest BCUT2D eigenvalue weighted by Gasteiger charge is 2.11. The van der Waals surface area contributed by atoms with Gasteiger partial charge in [0.05, 0.1) is 10.2 Å². The van der Waals surface area contributed by atoms with Crippen LogP contribution in [0, 0.1) is 0 Å². The summed E-state index contributed by atoms with van der Waals surface area (Å²) in [6.07, 6.45) is 1.95. The molecule has 0 aliphatic heterocycles. The van der Waals surface area contributed by atoms with Gasteiger partial charge in [-0.05, 0) is 10.8 Å². The molecule has 2 nitrogen and oxygen atoms in total. The van der Waals surface area contributed by atoms with Crippen LogP contribution in [0.2, 0.25) is 0 Å². The maximum absolute atomic E-state index is 4.84. The van der Waals surface area contributed by atoms with Gasteiger partial charge in [-0.25, -0.2) is 9.97 Å². The summed E-state index contributed by atoms with van der Waals surface area (Å²) in [5.74, 6) is 0.783. The normalized spacial score (nSPS) is 11.5. The highest BCUT2D eigenvalue weighted by Crippen LogP contribution is 2.37. The van der Waals surface area contributed by atoms with E-state index in [-0.39, 0.29) is 0 Å². The fourth-order valence-electron chi connectivity index (χ4n) is 3.01. The summed E-state index contributed by atoms with van der Waals surface area (Å²) in [5.41, 5.74) is 2.10. The van der Waals surface area contributed by atoms with Gasteiger partial charge in [0.1, 0.15) is 0 Å². The molecule has 0 aliphatic rings. The fourth-order valence-corrected chi connectivity index (χ4v) is 4.16. The molecule has 0 amide bonds. The summed E-state index contributed by atoms with van der Waals surface area (Å²) in [5, 5.41) is 3.76. The zero-order valence-corrected chi connectivity index (χ0v) is 13.0. The quantitative estimate of drug-likeness (QED) is 0.399. The van der Waals surface area contributed by atoms with Gasteiger partial charge in [0.25, 0.3) is 0 Å². The number of hydrogen-bond donors (Lipinski definition) is 0. The molecule has 5 aromatic rings. The van der Waals surface area contributed by atoms with Crippen LogP contribution >= 0.6 is 11.3 Å². The smallest absolute Gasteiger partial charge is 0.159 e. The highest BCUT2D eigenvalue weighted by molar-refractivity contribution is 7.26. The van der Waals surface area contributed by atoms with Gasteiger partial charge in [-0.15, -0.1) is 11.3 Å². The van der Waals surface area contributed by atoms with Crippen LogP contribution < -0.4 is 0 Å². The fraction of sp³-hybridized carbons (Fsp3) is 0. The Morgan fingerprint density at radius 1 is 0.739 bits per heavy atom. The van der Waals surface area contributed by atoms with Crippen molar-refractivity contribution in [1.82, 2.24) is 9.97 Å². The van der Waals surface area contributed by atoms with E-state index in [2.05, 4.69) is 41.4 Å². The lowest BCUT2D eigenvalue weighted by Crippen LogP contribution is -1.87. The largest absolute Gasteiger partial charge is 0.235 e. The Morgan fingerprint density at radius 2 is 1.57 bits per heavy atom. The Labute approximate surface area is 137 Å². The second-order valence-electron chi connectivity index (χ2n) is 5.54. The Bertz CT molecular complexity index is 1160. The van der Waals surface area contributed by atoms with Crippen LogP contribution in [-0.2, 0) is 0 Å². The monoisotopic (exact) mass is 312 g/mol. The predicted molar refractivity (Wildman–Crippen MR) is 97.9 cm³/mol. The molecule has 0 unspecified atom stereocenters. The number of aromatic nitrogens is 2. The molecule has 23 heavy (non-hydrogen) atoms. The standard InChI is InChI=1S/C20H12N2S/c1-2-7-14(8-3-1)20-21-12-17-18(22-20)16-11-10-13-6-4-5-9-15(13)19(16)23-17/h1-12H. The molecule has 0 saturated heterocycles. The molecule has 0 aliphatic carbocycles. The van der Waals surface area contributed by atoms with E-state index in [4.69, 9.17) is 4.98 Å². The van der Waals surface area contributed by atoms with Gasteiger partial charge < -0.3 is 0 Å². The lowest BCUT2D eigenvalue weighted by atomic mass is 10.1. The van der Waals surface area contributed by atoms with Crippen molar-refractivity contribution in [3.05, 3.63) is 72.9 Å². The lowest BCUT2D eigenvalue weighted by molar-refractivity contribution is 1.24. The van der Waals surface area contributed by atoms with E-state index in [1.165, 1.54) is 20.9 Å². The van der Waals surface area contributed by atoms with Crippen molar-refractivity contribution in [3.8, 4) is 11.4 Å². The van der Waals surface area contributed by atoms with Gasteiger partial charge in [-0.3, -0.25) is 0 Å². The van der Waals surface area contributed by atoms with Crippen molar-refractivity contribution in [1.29, 1.82) is 0 Å². The summed E-state index contributed by atoms with van der Waals surface area (Å²) in [6.45, 7) is 0. The molecule has 0 radical (unpaired) electrons. The third kappa shape index (κ3) is 1.94. The lowest BCUT2D eigenvalue weighted by Gasteiger charge is -2.00. The molecule has 5 rings (SSSR count). The first-order valence-corrected chi connectivity index (χ1v) is 8.34. The second kappa shape index (κ2) is 4.86. The van der Waals surface area contributed by atoms with Gasteiger partial charge in [-0.2, -0.15) is 0 Å². The van der Waals surface area contributed by atoms with Gasteiger partial charge in [0.2, 0.25) is 0 Å². The average Bonchev–Trinajstić information content (AvgIpc) is 3.01. The highest BCUT2D eigenvalue weighted by atomic mass is 32.1. The van der Waals surface area contributed by atoms with E-state index in [9.17, 15) is 0 Å². The minimum Gasteiger partial charge on any atom is -0.235 e. The molecule has 0 spiro atoms. The van der Waals surface area contributed by atoms with Crippen LogP contribution in [0.25, 0.3) is 42.5 Å². The van der Waals surface area contributed by atoms with Crippen molar-refractivity contribution < 1.29 is 0 Å². The summed E-state index contributed by atoms with van der Waals surface area (Å²) in [4.78, 5) is 9.39. The van der Waals surface area contributed by atoms with Gasteiger partial charge in [0, 0.05) is 21.8 Å². The summed E-state index contributed by atoms with van der Waals surface area (Å²) >= 11 is 1.77.